The molecule has 3 amide bonds. The number of carbonyl (C=O) groups is 3. The summed E-state index contributed by atoms with van der Waals surface area (Å²) in [6.07, 6.45) is -3.30. The van der Waals surface area contributed by atoms with Crippen molar-refractivity contribution in [3.8, 4) is 6.01 Å². The normalized spacial score (nSPS) is 13.7. The number of ether oxygens (including phenoxy) is 1. The molecule has 0 unspecified atom stereocenters. The number of carbonyl (C=O) groups excluding carboxylic acids is 3. The Morgan fingerprint density at radius 2 is 1.60 bits per heavy atom. The summed E-state index contributed by atoms with van der Waals surface area (Å²) in [4.78, 5) is 49.6. The molecular weight excluding hydrogens is 648 g/mol. The second-order valence-corrected chi connectivity index (χ2v) is 12.4. The summed E-state index contributed by atoms with van der Waals surface area (Å²) in [5, 5.41) is 11.5. The molecule has 2 aromatic carbocycles. The Bertz CT molecular complexity index is 1630. The summed E-state index contributed by atoms with van der Waals surface area (Å²) in [6.45, 7) is 2.02. The van der Waals surface area contributed by atoms with Crippen LogP contribution in [0.5, 0.6) is 6.01 Å². The van der Waals surface area contributed by atoms with Crippen LogP contribution in [0.15, 0.2) is 42.5 Å². The van der Waals surface area contributed by atoms with Crippen molar-refractivity contribution < 1.29 is 36.7 Å². The van der Waals surface area contributed by atoms with Crippen molar-refractivity contribution in [3.05, 3.63) is 64.4 Å². The SMILES string of the molecule is CN(C)C(=O)C(=O)NCC(C)(C)CNC(=O)c1ccc(Nc2nc(NC3(c4ccc(Cl)cc4)CC3)nc(OCC(F)(F)F)n2)c(F)c1. The molecule has 0 bridgehead atoms. The van der Waals surface area contributed by atoms with E-state index in [1.165, 1.54) is 26.2 Å². The maximum absolute atomic E-state index is 15.2. The number of hydrogen-bond acceptors (Lipinski definition) is 9. The van der Waals surface area contributed by atoms with Gasteiger partial charge in [0.05, 0.1) is 11.2 Å². The predicted molar refractivity (Wildman–Crippen MR) is 165 cm³/mol. The van der Waals surface area contributed by atoms with Crippen LogP contribution in [0.4, 0.5) is 35.1 Å². The van der Waals surface area contributed by atoms with Crippen LogP contribution in [-0.2, 0) is 15.1 Å². The highest BCUT2D eigenvalue weighted by Gasteiger charge is 2.45. The molecular formula is C30H33ClF4N8O4. The number of hydrogen-bond donors (Lipinski definition) is 4. The lowest BCUT2D eigenvalue weighted by molar-refractivity contribution is -0.154. The van der Waals surface area contributed by atoms with Gasteiger partial charge in [-0.05, 0) is 54.2 Å². The number of nitrogens with one attached hydrogen (secondary N) is 4. The highest BCUT2D eigenvalue weighted by atomic mass is 35.5. The summed E-state index contributed by atoms with van der Waals surface area (Å²) in [5.74, 6) is -3.39. The molecule has 0 spiro atoms. The number of alkyl halides is 3. The summed E-state index contributed by atoms with van der Waals surface area (Å²) in [7, 11) is 2.90. The van der Waals surface area contributed by atoms with E-state index in [1.54, 1.807) is 26.0 Å². The standard InChI is InChI=1S/C30H33ClF4N8O4/c1-28(2,15-37-23(45)24(46)43(3)4)14-36-22(44)17-5-10-21(20(32)13-17)38-25-39-26(41-27(40-25)47-16-30(33,34)35)42-29(11-12-29)18-6-8-19(31)9-7-18/h5-10,13H,11-12,14-16H2,1-4H3,(H,36,44)(H,37,45)(H2,38,39,40,41,42). The average molecular weight is 681 g/mol. The fourth-order valence-electron chi connectivity index (χ4n) is 4.23. The van der Waals surface area contributed by atoms with Crippen LogP contribution in [0.1, 0.15) is 42.6 Å². The molecule has 1 aromatic heterocycles. The van der Waals surface area contributed by atoms with E-state index in [9.17, 15) is 27.6 Å². The first-order chi connectivity index (χ1) is 21.9. The minimum Gasteiger partial charge on any atom is -0.454 e. The molecule has 17 heteroatoms. The topological polar surface area (TPSA) is 150 Å². The minimum absolute atomic E-state index is 0.0264. The zero-order valence-corrected chi connectivity index (χ0v) is 26.6. The number of aromatic nitrogens is 3. The maximum Gasteiger partial charge on any atom is 0.422 e. The zero-order valence-electron chi connectivity index (χ0n) is 25.9. The van der Waals surface area contributed by atoms with Crippen molar-refractivity contribution in [2.45, 2.75) is 38.4 Å². The first-order valence-electron chi connectivity index (χ1n) is 14.3. The second-order valence-electron chi connectivity index (χ2n) is 11.9. The molecule has 1 aliphatic rings. The molecule has 47 heavy (non-hydrogen) atoms. The summed E-state index contributed by atoms with van der Waals surface area (Å²) in [6, 6.07) is 9.92. The van der Waals surface area contributed by atoms with E-state index < -0.39 is 53.3 Å². The molecule has 1 aliphatic carbocycles. The second kappa shape index (κ2) is 13.9. The smallest absolute Gasteiger partial charge is 0.422 e. The Morgan fingerprint density at radius 1 is 0.957 bits per heavy atom. The van der Waals surface area contributed by atoms with Crippen LogP contribution in [-0.4, -0.2) is 77.5 Å². The molecule has 0 saturated heterocycles. The van der Waals surface area contributed by atoms with Crippen molar-refractivity contribution in [3.63, 3.8) is 0 Å². The van der Waals surface area contributed by atoms with Crippen LogP contribution < -0.4 is 26.0 Å². The van der Waals surface area contributed by atoms with Gasteiger partial charge >= 0.3 is 24.0 Å². The highest BCUT2D eigenvalue weighted by molar-refractivity contribution is 6.34. The van der Waals surface area contributed by atoms with E-state index in [0.717, 1.165) is 16.5 Å². The monoisotopic (exact) mass is 680 g/mol. The maximum atomic E-state index is 15.2. The van der Waals surface area contributed by atoms with Crippen LogP contribution in [0, 0.1) is 11.2 Å². The van der Waals surface area contributed by atoms with Gasteiger partial charge in [-0.15, -0.1) is 0 Å². The molecule has 3 aromatic rings. The van der Waals surface area contributed by atoms with E-state index in [1.807, 2.05) is 12.1 Å². The van der Waals surface area contributed by atoms with Crippen LogP contribution in [0.25, 0.3) is 0 Å². The Balaban J connectivity index is 1.45. The van der Waals surface area contributed by atoms with Gasteiger partial charge in [-0.2, -0.15) is 28.1 Å². The lowest BCUT2D eigenvalue weighted by Crippen LogP contribution is -2.46. The summed E-state index contributed by atoms with van der Waals surface area (Å²) >= 11 is 6.00. The summed E-state index contributed by atoms with van der Waals surface area (Å²) < 4.78 is 58.5. The Kier molecular flexibility index (Phi) is 10.4. The van der Waals surface area contributed by atoms with Crippen LogP contribution >= 0.6 is 11.6 Å². The lowest BCUT2D eigenvalue weighted by atomic mass is 9.93. The largest absolute Gasteiger partial charge is 0.454 e. The fourth-order valence-corrected chi connectivity index (χ4v) is 4.36. The lowest BCUT2D eigenvalue weighted by Gasteiger charge is -2.25. The van der Waals surface area contributed by atoms with Gasteiger partial charge < -0.3 is 30.9 Å². The van der Waals surface area contributed by atoms with Crippen LogP contribution in [0.3, 0.4) is 0 Å². The van der Waals surface area contributed by atoms with Gasteiger partial charge in [-0.3, -0.25) is 14.4 Å². The van der Waals surface area contributed by atoms with Crippen molar-refractivity contribution in [1.82, 2.24) is 30.5 Å². The number of benzene rings is 2. The van der Waals surface area contributed by atoms with E-state index in [4.69, 9.17) is 16.3 Å². The molecule has 4 rings (SSSR count). The molecule has 1 saturated carbocycles. The highest BCUT2D eigenvalue weighted by Crippen LogP contribution is 2.48. The Labute approximate surface area is 272 Å². The van der Waals surface area contributed by atoms with E-state index in [0.29, 0.717) is 17.9 Å². The summed E-state index contributed by atoms with van der Waals surface area (Å²) in [5.41, 5.74) is -0.577. The first-order valence-corrected chi connectivity index (χ1v) is 14.7. The zero-order chi connectivity index (χ0) is 34.6. The molecule has 4 N–H and O–H groups in total. The minimum atomic E-state index is -4.66. The quantitative estimate of drug-likeness (QED) is 0.161. The number of amides is 3. The van der Waals surface area contributed by atoms with E-state index in [2.05, 4.69) is 36.2 Å². The number of anilines is 3. The number of rotatable bonds is 12. The third kappa shape index (κ3) is 9.88. The third-order valence-electron chi connectivity index (χ3n) is 7.01. The molecule has 0 radical (unpaired) electrons. The molecule has 1 fully saturated rings. The van der Waals surface area contributed by atoms with Gasteiger partial charge in [0.2, 0.25) is 11.9 Å². The molecule has 252 valence electrons. The van der Waals surface area contributed by atoms with Gasteiger partial charge in [-0.25, -0.2) is 4.39 Å². The fraction of sp³-hybridized carbons (Fsp3) is 0.400. The van der Waals surface area contributed by atoms with Gasteiger partial charge in [0.1, 0.15) is 5.82 Å². The first kappa shape index (κ1) is 35.1. The average Bonchev–Trinajstić information content (AvgIpc) is 3.78. The molecule has 0 atom stereocenters. The van der Waals surface area contributed by atoms with Gasteiger partial charge in [0.25, 0.3) is 5.91 Å². The van der Waals surface area contributed by atoms with E-state index in [-0.39, 0.29) is 36.2 Å². The van der Waals surface area contributed by atoms with Crippen molar-refractivity contribution >= 4 is 46.9 Å². The van der Waals surface area contributed by atoms with E-state index >= 15 is 4.39 Å². The molecule has 1 heterocycles. The van der Waals surface area contributed by atoms with Gasteiger partial charge in [0, 0.05) is 37.8 Å². The van der Waals surface area contributed by atoms with Gasteiger partial charge in [0.15, 0.2) is 6.61 Å². The molecule has 0 aliphatic heterocycles. The van der Waals surface area contributed by atoms with Gasteiger partial charge in [-0.1, -0.05) is 37.6 Å². The Hall–Kier alpha value is -4.73. The van der Waals surface area contributed by atoms with Crippen molar-refractivity contribution in [2.24, 2.45) is 5.41 Å². The van der Waals surface area contributed by atoms with Crippen LogP contribution in [0.2, 0.25) is 5.02 Å². The Morgan fingerprint density at radius 3 is 2.19 bits per heavy atom. The number of nitrogens with zero attached hydrogens (tertiary/aromatic N) is 4. The van der Waals surface area contributed by atoms with Crippen molar-refractivity contribution in [1.29, 1.82) is 0 Å². The third-order valence-corrected chi connectivity index (χ3v) is 7.26. The number of likely N-dealkylation sites (N-methyl/N-ethyl adjacent to an activating group) is 1. The predicted octanol–water partition coefficient (Wildman–Crippen LogP) is 4.41. The van der Waals surface area contributed by atoms with Crippen molar-refractivity contribution in [2.75, 3.05) is 44.4 Å². The molecule has 12 nitrogen and oxygen atoms in total. The number of halogens is 5.